The van der Waals surface area contributed by atoms with Crippen LogP contribution < -0.4 is 0 Å². The molecule has 0 atom stereocenters. The second-order valence-corrected chi connectivity index (χ2v) is 4.49. The Bertz CT molecular complexity index is 605. The molecule has 1 heterocycles. The Balaban J connectivity index is 2.28. The first-order valence-electron chi connectivity index (χ1n) is 5.10. The van der Waals surface area contributed by atoms with E-state index in [1.807, 2.05) is 0 Å². The van der Waals surface area contributed by atoms with E-state index < -0.39 is 4.92 Å². The third kappa shape index (κ3) is 2.78. The number of hydrogen-bond acceptors (Lipinski definition) is 4. The van der Waals surface area contributed by atoms with E-state index in [4.69, 9.17) is 0 Å². The first-order chi connectivity index (χ1) is 8.56. The molecule has 0 amide bonds. The summed E-state index contributed by atoms with van der Waals surface area (Å²) < 4.78 is 12.8. The van der Waals surface area contributed by atoms with E-state index in [0.717, 1.165) is 5.56 Å². The zero-order chi connectivity index (χ0) is 13.1. The summed E-state index contributed by atoms with van der Waals surface area (Å²) in [5, 5.41) is 12.9. The number of nitro groups is 1. The van der Waals surface area contributed by atoms with Crippen molar-refractivity contribution in [3.05, 3.63) is 57.0 Å². The van der Waals surface area contributed by atoms with Crippen LogP contribution in [0.15, 0.2) is 35.3 Å². The summed E-state index contributed by atoms with van der Waals surface area (Å²) in [7, 11) is 0. The molecule has 2 rings (SSSR count). The number of allylic oxidation sites excluding steroid dienone is 1. The highest BCUT2D eigenvalue weighted by molar-refractivity contribution is 7.13. The summed E-state index contributed by atoms with van der Waals surface area (Å²) in [4.78, 5) is 14.3. The van der Waals surface area contributed by atoms with Crippen LogP contribution in [0.25, 0.3) is 16.6 Å². The topological polar surface area (TPSA) is 56.0 Å². The van der Waals surface area contributed by atoms with Crippen molar-refractivity contribution >= 4 is 17.4 Å². The quantitative estimate of drug-likeness (QED) is 0.628. The van der Waals surface area contributed by atoms with Gasteiger partial charge in [0.15, 0.2) is 0 Å². The van der Waals surface area contributed by atoms with Gasteiger partial charge < -0.3 is 0 Å². The molecular formula is C12H9FN2O2S. The number of hydrogen-bond donors (Lipinski definition) is 0. The van der Waals surface area contributed by atoms with Crippen molar-refractivity contribution in [2.24, 2.45) is 0 Å². The largest absolute Gasteiger partial charge is 0.259 e. The third-order valence-electron chi connectivity index (χ3n) is 2.26. The average Bonchev–Trinajstić information content (AvgIpc) is 2.78. The van der Waals surface area contributed by atoms with Gasteiger partial charge >= 0.3 is 0 Å². The van der Waals surface area contributed by atoms with Gasteiger partial charge in [0, 0.05) is 23.9 Å². The lowest BCUT2D eigenvalue weighted by molar-refractivity contribution is -0.422. The molecule has 18 heavy (non-hydrogen) atoms. The Kier molecular flexibility index (Phi) is 3.47. The van der Waals surface area contributed by atoms with E-state index in [1.165, 1.54) is 36.5 Å². The fourth-order valence-corrected chi connectivity index (χ4v) is 2.13. The highest BCUT2D eigenvalue weighted by atomic mass is 32.1. The molecule has 0 fully saturated rings. The molecule has 0 radical (unpaired) electrons. The fraction of sp³-hybridized carbons (Fsp3) is 0.0833. The minimum absolute atomic E-state index is 0.0333. The maximum atomic E-state index is 12.8. The third-order valence-corrected chi connectivity index (χ3v) is 3.17. The van der Waals surface area contributed by atoms with E-state index >= 15 is 0 Å². The number of halogens is 1. The Labute approximate surface area is 107 Å². The van der Waals surface area contributed by atoms with E-state index in [9.17, 15) is 14.5 Å². The molecule has 0 spiro atoms. The predicted octanol–water partition coefficient (Wildman–Crippen LogP) is 3.59. The first kappa shape index (κ1) is 12.4. The monoisotopic (exact) mass is 264 g/mol. The highest BCUT2D eigenvalue weighted by Gasteiger charge is 2.07. The number of thiazole rings is 1. The van der Waals surface area contributed by atoms with Crippen molar-refractivity contribution in [2.45, 2.75) is 6.92 Å². The summed E-state index contributed by atoms with van der Waals surface area (Å²) in [5.74, 6) is -0.306. The second kappa shape index (κ2) is 5.05. The Morgan fingerprint density at radius 1 is 1.44 bits per heavy atom. The molecule has 6 heteroatoms. The number of nitrogens with zero attached hydrogens (tertiary/aromatic N) is 2. The zero-order valence-electron chi connectivity index (χ0n) is 9.46. The summed E-state index contributed by atoms with van der Waals surface area (Å²) in [6.45, 7) is 1.41. The molecular weight excluding hydrogens is 255 g/mol. The molecule has 0 saturated carbocycles. The number of aromatic nitrogens is 1. The highest BCUT2D eigenvalue weighted by Crippen LogP contribution is 2.24. The van der Waals surface area contributed by atoms with Crippen LogP contribution in [0.4, 0.5) is 4.39 Å². The Morgan fingerprint density at radius 2 is 2.11 bits per heavy atom. The van der Waals surface area contributed by atoms with Gasteiger partial charge in [0.2, 0.25) is 5.70 Å². The van der Waals surface area contributed by atoms with Gasteiger partial charge in [-0.3, -0.25) is 10.1 Å². The summed E-state index contributed by atoms with van der Waals surface area (Å²) >= 11 is 1.36. The molecule has 0 N–H and O–H groups in total. The van der Waals surface area contributed by atoms with Crippen LogP contribution in [-0.2, 0) is 0 Å². The molecule has 0 aliphatic carbocycles. The Hall–Kier alpha value is -2.08. The normalized spacial score (nSPS) is 11.6. The average molecular weight is 264 g/mol. The van der Waals surface area contributed by atoms with Crippen LogP contribution in [0.3, 0.4) is 0 Å². The van der Waals surface area contributed by atoms with Crippen LogP contribution in [0.5, 0.6) is 0 Å². The van der Waals surface area contributed by atoms with Crippen molar-refractivity contribution in [2.75, 3.05) is 0 Å². The molecule has 0 aliphatic rings. The lowest BCUT2D eigenvalue weighted by atomic mass is 10.2. The van der Waals surface area contributed by atoms with Gasteiger partial charge in [-0.1, -0.05) is 0 Å². The van der Waals surface area contributed by atoms with Crippen molar-refractivity contribution in [3.63, 3.8) is 0 Å². The number of benzene rings is 1. The fourth-order valence-electron chi connectivity index (χ4n) is 1.34. The van der Waals surface area contributed by atoms with Crippen LogP contribution >= 0.6 is 11.3 Å². The molecule has 0 aliphatic heterocycles. The van der Waals surface area contributed by atoms with Crippen molar-refractivity contribution in [1.29, 1.82) is 0 Å². The number of rotatable bonds is 3. The molecule has 0 unspecified atom stereocenters. The minimum Gasteiger partial charge on any atom is -0.259 e. The predicted molar refractivity (Wildman–Crippen MR) is 68.2 cm³/mol. The molecule has 1 aromatic heterocycles. The van der Waals surface area contributed by atoms with Gasteiger partial charge in [-0.15, -0.1) is 11.3 Å². The minimum atomic E-state index is -0.461. The summed E-state index contributed by atoms with van der Waals surface area (Å²) in [6, 6.07) is 5.97. The zero-order valence-corrected chi connectivity index (χ0v) is 10.3. The van der Waals surface area contributed by atoms with Crippen molar-refractivity contribution < 1.29 is 9.31 Å². The smallest absolute Gasteiger partial charge is 0.245 e. The maximum absolute atomic E-state index is 12.8. The molecule has 0 saturated heterocycles. The Morgan fingerprint density at radius 3 is 2.72 bits per heavy atom. The summed E-state index contributed by atoms with van der Waals surface area (Å²) in [6.07, 6.45) is 1.41. The van der Waals surface area contributed by atoms with Gasteiger partial charge in [0.1, 0.15) is 10.8 Å². The van der Waals surface area contributed by atoms with E-state index in [0.29, 0.717) is 10.7 Å². The van der Waals surface area contributed by atoms with Crippen LogP contribution in [0.1, 0.15) is 12.6 Å². The van der Waals surface area contributed by atoms with Crippen molar-refractivity contribution in [1.82, 2.24) is 4.98 Å². The van der Waals surface area contributed by atoms with Gasteiger partial charge in [-0.05, 0) is 24.3 Å². The first-order valence-corrected chi connectivity index (χ1v) is 5.98. The van der Waals surface area contributed by atoms with Crippen LogP contribution in [0, 0.1) is 15.9 Å². The molecule has 92 valence electrons. The van der Waals surface area contributed by atoms with Crippen molar-refractivity contribution in [3.8, 4) is 10.6 Å². The molecule has 4 nitrogen and oxygen atoms in total. The SMILES string of the molecule is CC(=Cc1csc(-c2ccc(F)cc2)n1)[N+](=O)[O-]. The van der Waals surface area contributed by atoms with Gasteiger partial charge in [-0.2, -0.15) is 0 Å². The van der Waals surface area contributed by atoms with E-state index in [-0.39, 0.29) is 11.5 Å². The molecule has 2 aromatic rings. The molecule has 1 aromatic carbocycles. The van der Waals surface area contributed by atoms with Gasteiger partial charge in [-0.25, -0.2) is 9.37 Å². The van der Waals surface area contributed by atoms with E-state index in [2.05, 4.69) is 4.98 Å². The summed E-state index contributed by atoms with van der Waals surface area (Å²) in [5.41, 5.74) is 1.36. The lowest BCUT2D eigenvalue weighted by Crippen LogP contribution is -1.92. The van der Waals surface area contributed by atoms with Gasteiger partial charge in [0.25, 0.3) is 0 Å². The standard InChI is InChI=1S/C12H9FN2O2S/c1-8(15(16)17)6-11-7-18-12(14-11)9-2-4-10(13)5-3-9/h2-7H,1H3. The van der Waals surface area contributed by atoms with Crippen LogP contribution in [0.2, 0.25) is 0 Å². The molecule has 0 bridgehead atoms. The van der Waals surface area contributed by atoms with Crippen LogP contribution in [-0.4, -0.2) is 9.91 Å². The second-order valence-electron chi connectivity index (χ2n) is 3.63. The lowest BCUT2D eigenvalue weighted by Gasteiger charge is -1.94. The van der Waals surface area contributed by atoms with E-state index in [1.54, 1.807) is 17.5 Å². The maximum Gasteiger partial charge on any atom is 0.245 e. The van der Waals surface area contributed by atoms with Gasteiger partial charge in [0.05, 0.1) is 10.6 Å².